The molecular formula is C15H14ClFO3. The topological polar surface area (TPSA) is 38.7 Å². The van der Waals surface area contributed by atoms with Crippen molar-refractivity contribution in [2.45, 2.75) is 6.10 Å². The largest absolute Gasteiger partial charge is 0.497 e. The number of hydrogen-bond donors (Lipinski definition) is 1. The minimum atomic E-state index is -0.964. The Balaban J connectivity index is 2.41. The predicted molar refractivity (Wildman–Crippen MR) is 75.0 cm³/mol. The Labute approximate surface area is 121 Å². The molecule has 3 nitrogen and oxygen atoms in total. The van der Waals surface area contributed by atoms with Crippen LogP contribution in [0.5, 0.6) is 11.5 Å². The number of rotatable bonds is 4. The minimum absolute atomic E-state index is 0.0333. The van der Waals surface area contributed by atoms with E-state index >= 15 is 0 Å². The summed E-state index contributed by atoms with van der Waals surface area (Å²) in [5.74, 6) is 0.580. The third kappa shape index (κ3) is 2.86. The fourth-order valence-electron chi connectivity index (χ4n) is 1.91. The number of hydrogen-bond acceptors (Lipinski definition) is 3. The van der Waals surface area contributed by atoms with Crippen LogP contribution >= 0.6 is 11.6 Å². The first-order valence-electron chi connectivity index (χ1n) is 5.91. The van der Waals surface area contributed by atoms with E-state index in [1.807, 2.05) is 0 Å². The molecule has 0 aliphatic heterocycles. The lowest BCUT2D eigenvalue weighted by molar-refractivity contribution is 0.214. The van der Waals surface area contributed by atoms with Crippen molar-refractivity contribution in [2.24, 2.45) is 0 Å². The van der Waals surface area contributed by atoms with Crippen LogP contribution < -0.4 is 9.47 Å². The molecule has 106 valence electrons. The van der Waals surface area contributed by atoms with Crippen molar-refractivity contribution in [3.8, 4) is 11.5 Å². The highest BCUT2D eigenvalue weighted by Crippen LogP contribution is 2.34. The van der Waals surface area contributed by atoms with Crippen molar-refractivity contribution in [3.63, 3.8) is 0 Å². The van der Waals surface area contributed by atoms with Crippen molar-refractivity contribution in [2.75, 3.05) is 14.2 Å². The van der Waals surface area contributed by atoms with Crippen molar-refractivity contribution < 1.29 is 19.0 Å². The second kappa shape index (κ2) is 6.11. The molecule has 1 atom stereocenters. The van der Waals surface area contributed by atoms with Gasteiger partial charge in [-0.15, -0.1) is 0 Å². The van der Waals surface area contributed by atoms with Crippen LogP contribution in [0.3, 0.4) is 0 Å². The van der Waals surface area contributed by atoms with Crippen LogP contribution in [0, 0.1) is 5.82 Å². The third-order valence-electron chi connectivity index (χ3n) is 2.99. The number of benzene rings is 2. The van der Waals surface area contributed by atoms with Gasteiger partial charge in [-0.05, 0) is 29.8 Å². The second-order valence-corrected chi connectivity index (χ2v) is 4.59. The smallest absolute Gasteiger partial charge is 0.141 e. The van der Waals surface area contributed by atoms with E-state index < -0.39 is 11.9 Å². The monoisotopic (exact) mass is 296 g/mol. The van der Waals surface area contributed by atoms with Crippen LogP contribution in [0.4, 0.5) is 4.39 Å². The average Bonchev–Trinajstić information content (AvgIpc) is 2.48. The first-order chi connectivity index (χ1) is 9.56. The fraction of sp³-hybridized carbons (Fsp3) is 0.200. The molecule has 0 heterocycles. The van der Waals surface area contributed by atoms with E-state index in [1.165, 1.54) is 25.3 Å². The average molecular weight is 297 g/mol. The Hall–Kier alpha value is -1.78. The summed E-state index contributed by atoms with van der Waals surface area (Å²) in [6.45, 7) is 0. The number of methoxy groups -OCH3 is 2. The maximum atomic E-state index is 13.2. The fourth-order valence-corrected chi connectivity index (χ4v) is 2.10. The lowest BCUT2D eigenvalue weighted by atomic mass is 10.0. The molecule has 0 aliphatic carbocycles. The zero-order valence-corrected chi connectivity index (χ0v) is 11.8. The van der Waals surface area contributed by atoms with Gasteiger partial charge in [-0.2, -0.15) is 0 Å². The lowest BCUT2D eigenvalue weighted by Crippen LogP contribution is -2.03. The van der Waals surface area contributed by atoms with Crippen LogP contribution in [0.15, 0.2) is 36.4 Å². The molecule has 2 aromatic carbocycles. The predicted octanol–water partition coefficient (Wildman–Crippen LogP) is 3.58. The third-order valence-corrected chi connectivity index (χ3v) is 3.28. The highest BCUT2D eigenvalue weighted by molar-refractivity contribution is 6.30. The summed E-state index contributed by atoms with van der Waals surface area (Å²) in [5, 5.41) is 10.3. The van der Waals surface area contributed by atoms with Crippen molar-refractivity contribution in [3.05, 3.63) is 58.4 Å². The maximum absolute atomic E-state index is 13.2. The van der Waals surface area contributed by atoms with Gasteiger partial charge in [0.25, 0.3) is 0 Å². The van der Waals surface area contributed by atoms with E-state index in [0.29, 0.717) is 22.6 Å². The second-order valence-electron chi connectivity index (χ2n) is 4.18. The first-order valence-corrected chi connectivity index (χ1v) is 6.29. The maximum Gasteiger partial charge on any atom is 0.141 e. The van der Waals surface area contributed by atoms with Crippen LogP contribution in [-0.2, 0) is 0 Å². The van der Waals surface area contributed by atoms with Crippen LogP contribution in [0.1, 0.15) is 17.2 Å². The van der Waals surface area contributed by atoms with Crippen LogP contribution in [0.25, 0.3) is 0 Å². The molecule has 0 bridgehead atoms. The van der Waals surface area contributed by atoms with E-state index in [1.54, 1.807) is 25.3 Å². The van der Waals surface area contributed by atoms with Gasteiger partial charge in [0.2, 0.25) is 0 Å². The first kappa shape index (κ1) is 14.6. The lowest BCUT2D eigenvalue weighted by Gasteiger charge is -2.16. The zero-order chi connectivity index (χ0) is 14.7. The molecule has 0 amide bonds. The minimum Gasteiger partial charge on any atom is -0.497 e. The molecule has 0 fully saturated rings. The molecule has 0 radical (unpaired) electrons. The molecular weight excluding hydrogens is 283 g/mol. The Morgan fingerprint density at radius 2 is 1.85 bits per heavy atom. The summed E-state index contributed by atoms with van der Waals surface area (Å²) < 4.78 is 23.5. The van der Waals surface area contributed by atoms with Gasteiger partial charge in [-0.1, -0.05) is 17.7 Å². The van der Waals surface area contributed by atoms with Gasteiger partial charge >= 0.3 is 0 Å². The van der Waals surface area contributed by atoms with Crippen molar-refractivity contribution in [1.82, 2.24) is 0 Å². The molecule has 1 N–H and O–H groups in total. The molecule has 2 rings (SSSR count). The van der Waals surface area contributed by atoms with E-state index in [2.05, 4.69) is 0 Å². The van der Waals surface area contributed by atoms with Gasteiger partial charge < -0.3 is 14.6 Å². The summed E-state index contributed by atoms with van der Waals surface area (Å²) >= 11 is 5.73. The van der Waals surface area contributed by atoms with Gasteiger partial charge in [-0.25, -0.2) is 4.39 Å². The summed E-state index contributed by atoms with van der Waals surface area (Å²) in [5.41, 5.74) is 1.04. The molecule has 1 unspecified atom stereocenters. The molecule has 0 saturated carbocycles. The summed E-state index contributed by atoms with van der Waals surface area (Å²) in [4.78, 5) is 0. The number of ether oxygens (including phenoxy) is 2. The summed E-state index contributed by atoms with van der Waals surface area (Å²) in [6.07, 6.45) is -0.964. The highest BCUT2D eigenvalue weighted by Gasteiger charge is 2.17. The Morgan fingerprint density at radius 1 is 1.10 bits per heavy atom. The van der Waals surface area contributed by atoms with Gasteiger partial charge in [-0.3, -0.25) is 0 Å². The van der Waals surface area contributed by atoms with Gasteiger partial charge in [0.05, 0.1) is 19.2 Å². The normalized spacial score (nSPS) is 12.1. The SMILES string of the molecule is COc1ccc(C(O)c2ccc(F)c(Cl)c2)c(OC)c1. The molecule has 5 heteroatoms. The molecule has 0 saturated heterocycles. The number of aliphatic hydroxyl groups is 1. The molecule has 0 spiro atoms. The van der Waals surface area contributed by atoms with E-state index in [0.717, 1.165) is 0 Å². The van der Waals surface area contributed by atoms with Gasteiger partial charge in [0.15, 0.2) is 0 Å². The molecule has 2 aromatic rings. The van der Waals surface area contributed by atoms with Gasteiger partial charge in [0.1, 0.15) is 23.4 Å². The quantitative estimate of drug-likeness (QED) is 0.937. The van der Waals surface area contributed by atoms with Crippen molar-refractivity contribution in [1.29, 1.82) is 0 Å². The number of halogens is 2. The summed E-state index contributed by atoms with van der Waals surface area (Å²) in [6, 6.07) is 9.17. The Kier molecular flexibility index (Phi) is 4.47. The van der Waals surface area contributed by atoms with Crippen LogP contribution in [-0.4, -0.2) is 19.3 Å². The Bertz CT molecular complexity index is 616. The van der Waals surface area contributed by atoms with E-state index in [9.17, 15) is 9.50 Å². The summed E-state index contributed by atoms with van der Waals surface area (Å²) in [7, 11) is 3.05. The standard InChI is InChI=1S/C15H14ClFO3/c1-19-10-4-5-11(14(8-10)20-2)15(18)9-3-6-13(17)12(16)7-9/h3-8,15,18H,1-2H3. The highest BCUT2D eigenvalue weighted by atomic mass is 35.5. The van der Waals surface area contributed by atoms with E-state index in [4.69, 9.17) is 21.1 Å². The Morgan fingerprint density at radius 3 is 2.45 bits per heavy atom. The molecule has 20 heavy (non-hydrogen) atoms. The molecule has 0 aromatic heterocycles. The number of aliphatic hydroxyl groups excluding tert-OH is 1. The van der Waals surface area contributed by atoms with Gasteiger partial charge in [0, 0.05) is 11.6 Å². The zero-order valence-electron chi connectivity index (χ0n) is 11.1. The van der Waals surface area contributed by atoms with E-state index in [-0.39, 0.29) is 5.02 Å². The van der Waals surface area contributed by atoms with Crippen LogP contribution in [0.2, 0.25) is 5.02 Å². The molecule has 0 aliphatic rings. The van der Waals surface area contributed by atoms with Crippen molar-refractivity contribution >= 4 is 11.6 Å².